The maximum Gasteiger partial charge on any atom is 0.410 e. The summed E-state index contributed by atoms with van der Waals surface area (Å²) in [6.45, 7) is 11.1. The maximum absolute atomic E-state index is 12.4. The Balaban J connectivity index is 2.70. The van der Waals surface area contributed by atoms with Crippen molar-refractivity contribution in [2.24, 2.45) is 17.8 Å². The number of nitrogens with zero attached hydrogens (tertiary/aromatic N) is 1. The van der Waals surface area contributed by atoms with Crippen LogP contribution in [0.3, 0.4) is 0 Å². The van der Waals surface area contributed by atoms with E-state index >= 15 is 0 Å². The van der Waals surface area contributed by atoms with Crippen LogP contribution in [0.5, 0.6) is 0 Å². The van der Waals surface area contributed by atoms with Gasteiger partial charge in [-0.15, -0.1) is 0 Å². The van der Waals surface area contributed by atoms with E-state index in [2.05, 4.69) is 13.8 Å². The van der Waals surface area contributed by atoms with Gasteiger partial charge in [0.1, 0.15) is 17.3 Å². The van der Waals surface area contributed by atoms with Crippen LogP contribution in [-0.4, -0.2) is 53.8 Å². The highest BCUT2D eigenvalue weighted by atomic mass is 16.6. The van der Waals surface area contributed by atoms with Crippen molar-refractivity contribution in [1.82, 2.24) is 4.90 Å². The van der Waals surface area contributed by atoms with Crippen molar-refractivity contribution in [3.8, 4) is 0 Å². The molecular formula is C19H31NO6. The van der Waals surface area contributed by atoms with Gasteiger partial charge in [-0.3, -0.25) is 9.59 Å². The Kier molecular flexibility index (Phi) is 7.78. The predicted octanol–water partition coefficient (Wildman–Crippen LogP) is 2.61. The van der Waals surface area contributed by atoms with Gasteiger partial charge < -0.3 is 14.4 Å². The summed E-state index contributed by atoms with van der Waals surface area (Å²) in [6, 6.07) is 0. The highest BCUT2D eigenvalue weighted by Crippen LogP contribution is 2.22. The number of carbonyl (C=O) groups is 4. The smallest absolute Gasteiger partial charge is 0.410 e. The molecule has 2 unspecified atom stereocenters. The number of rotatable bonds is 6. The van der Waals surface area contributed by atoms with E-state index in [9.17, 15) is 19.2 Å². The number of likely N-dealkylation sites (tertiary alicyclic amines) is 1. The van der Waals surface area contributed by atoms with Crippen LogP contribution in [0, 0.1) is 17.8 Å². The van der Waals surface area contributed by atoms with E-state index in [0.29, 0.717) is 12.3 Å². The van der Waals surface area contributed by atoms with Gasteiger partial charge in [0.25, 0.3) is 5.78 Å². The zero-order valence-electron chi connectivity index (χ0n) is 16.7. The molecule has 0 spiro atoms. The van der Waals surface area contributed by atoms with E-state index < -0.39 is 35.3 Å². The van der Waals surface area contributed by atoms with Crippen LogP contribution in [0.15, 0.2) is 0 Å². The van der Waals surface area contributed by atoms with Crippen molar-refractivity contribution in [2.75, 3.05) is 19.7 Å². The van der Waals surface area contributed by atoms with Crippen LogP contribution in [0.1, 0.15) is 54.4 Å². The standard InChI is InChI=1S/C19H31NO6/c1-12(2)8-7-9-25-17(23)16(22)14-11-20(10-13(3)15(14)21)18(24)26-19(4,5)6/h12-14H,7-11H2,1-6H3. The molecule has 1 aliphatic heterocycles. The molecule has 148 valence electrons. The lowest BCUT2D eigenvalue weighted by Crippen LogP contribution is -2.53. The molecule has 0 aromatic carbocycles. The number of piperidine rings is 1. The second-order valence-electron chi connectivity index (χ2n) is 8.28. The molecule has 1 heterocycles. The summed E-state index contributed by atoms with van der Waals surface area (Å²) in [7, 11) is 0. The Bertz CT molecular complexity index is 549. The average Bonchev–Trinajstić information content (AvgIpc) is 2.51. The van der Waals surface area contributed by atoms with E-state index in [1.807, 2.05) is 0 Å². The highest BCUT2D eigenvalue weighted by molar-refractivity contribution is 6.38. The van der Waals surface area contributed by atoms with Crippen molar-refractivity contribution in [3.05, 3.63) is 0 Å². The minimum absolute atomic E-state index is 0.148. The fraction of sp³-hybridized carbons (Fsp3) is 0.789. The van der Waals surface area contributed by atoms with Gasteiger partial charge in [0, 0.05) is 19.0 Å². The molecule has 7 nitrogen and oxygen atoms in total. The molecule has 0 saturated carbocycles. The van der Waals surface area contributed by atoms with Gasteiger partial charge in [-0.1, -0.05) is 20.8 Å². The molecule has 1 amide bonds. The van der Waals surface area contributed by atoms with Crippen LogP contribution >= 0.6 is 0 Å². The molecular weight excluding hydrogens is 338 g/mol. The van der Waals surface area contributed by atoms with Crippen molar-refractivity contribution >= 4 is 23.6 Å². The average molecular weight is 369 g/mol. The summed E-state index contributed by atoms with van der Waals surface area (Å²) in [5.74, 6) is -3.49. The second kappa shape index (κ2) is 9.14. The second-order valence-corrected chi connectivity index (χ2v) is 8.28. The third-order valence-electron chi connectivity index (χ3n) is 4.05. The maximum atomic E-state index is 12.4. The van der Waals surface area contributed by atoms with Crippen LogP contribution in [0.4, 0.5) is 4.79 Å². The summed E-state index contributed by atoms with van der Waals surface area (Å²) >= 11 is 0. The van der Waals surface area contributed by atoms with Crippen LogP contribution in [0.25, 0.3) is 0 Å². The molecule has 0 aliphatic carbocycles. The van der Waals surface area contributed by atoms with Crippen molar-refractivity contribution in [3.63, 3.8) is 0 Å². The summed E-state index contributed by atoms with van der Waals surface area (Å²) in [6.07, 6.45) is 0.947. The van der Waals surface area contributed by atoms with E-state index in [4.69, 9.17) is 9.47 Å². The van der Waals surface area contributed by atoms with Gasteiger partial charge in [-0.05, 0) is 39.5 Å². The summed E-state index contributed by atoms with van der Waals surface area (Å²) < 4.78 is 10.3. The zero-order chi connectivity index (χ0) is 20.1. The highest BCUT2D eigenvalue weighted by Gasteiger charge is 2.42. The largest absolute Gasteiger partial charge is 0.460 e. The number of Topliss-reactive ketones (excluding diaryl/α,β-unsaturated/α-hetero) is 2. The SMILES string of the molecule is CC(C)CCCOC(=O)C(=O)C1CN(C(=O)OC(C)(C)C)CC(C)C1=O. The minimum atomic E-state index is -1.19. The van der Waals surface area contributed by atoms with Crippen LogP contribution < -0.4 is 0 Å². The number of amides is 1. The number of hydrogen-bond donors (Lipinski definition) is 0. The molecule has 26 heavy (non-hydrogen) atoms. The van der Waals surface area contributed by atoms with Crippen LogP contribution in [-0.2, 0) is 23.9 Å². The van der Waals surface area contributed by atoms with E-state index in [-0.39, 0.29) is 25.5 Å². The Morgan fingerprint density at radius 2 is 1.81 bits per heavy atom. The summed E-state index contributed by atoms with van der Waals surface area (Å²) in [4.78, 5) is 50.2. The van der Waals surface area contributed by atoms with Gasteiger partial charge in [0.15, 0.2) is 0 Å². The number of ketones is 2. The van der Waals surface area contributed by atoms with Crippen molar-refractivity contribution < 1.29 is 28.7 Å². The molecule has 1 saturated heterocycles. The normalized spacial score (nSPS) is 20.9. The molecule has 0 aromatic rings. The lowest BCUT2D eigenvalue weighted by molar-refractivity contribution is -0.158. The fourth-order valence-corrected chi connectivity index (χ4v) is 2.71. The first-order valence-corrected chi connectivity index (χ1v) is 9.15. The van der Waals surface area contributed by atoms with Crippen molar-refractivity contribution in [2.45, 2.75) is 60.0 Å². The van der Waals surface area contributed by atoms with Gasteiger partial charge in [0.2, 0.25) is 0 Å². The molecule has 2 atom stereocenters. The summed E-state index contributed by atoms with van der Waals surface area (Å²) in [5.41, 5.74) is -0.684. The first-order chi connectivity index (χ1) is 11.9. The zero-order valence-corrected chi connectivity index (χ0v) is 16.7. The Morgan fingerprint density at radius 3 is 2.35 bits per heavy atom. The Morgan fingerprint density at radius 1 is 1.19 bits per heavy atom. The van der Waals surface area contributed by atoms with E-state index in [1.165, 1.54) is 4.90 Å². The van der Waals surface area contributed by atoms with Gasteiger partial charge in [-0.25, -0.2) is 9.59 Å². The summed E-state index contributed by atoms with van der Waals surface area (Å²) in [5, 5.41) is 0. The van der Waals surface area contributed by atoms with Crippen LogP contribution in [0.2, 0.25) is 0 Å². The molecule has 0 N–H and O–H groups in total. The topological polar surface area (TPSA) is 90.0 Å². The molecule has 0 bridgehead atoms. The molecule has 0 aromatic heterocycles. The first-order valence-electron chi connectivity index (χ1n) is 9.15. The third-order valence-corrected chi connectivity index (χ3v) is 4.05. The lowest BCUT2D eigenvalue weighted by atomic mass is 9.86. The number of ether oxygens (including phenoxy) is 2. The number of esters is 1. The number of hydrogen-bond acceptors (Lipinski definition) is 6. The molecule has 0 radical (unpaired) electrons. The van der Waals surface area contributed by atoms with Gasteiger partial charge in [0.05, 0.1) is 6.61 Å². The van der Waals surface area contributed by atoms with Crippen molar-refractivity contribution in [1.29, 1.82) is 0 Å². The lowest BCUT2D eigenvalue weighted by Gasteiger charge is -2.35. The van der Waals surface area contributed by atoms with E-state index in [1.54, 1.807) is 27.7 Å². The molecule has 1 rings (SSSR count). The monoisotopic (exact) mass is 369 g/mol. The molecule has 7 heteroatoms. The first kappa shape index (κ1) is 22.1. The van der Waals surface area contributed by atoms with Gasteiger partial charge in [-0.2, -0.15) is 0 Å². The predicted molar refractivity (Wildman–Crippen MR) is 95.5 cm³/mol. The number of carbonyl (C=O) groups excluding carboxylic acids is 4. The van der Waals surface area contributed by atoms with Gasteiger partial charge >= 0.3 is 12.1 Å². The Labute approximate surface area is 155 Å². The van der Waals surface area contributed by atoms with E-state index in [0.717, 1.165) is 6.42 Å². The third kappa shape index (κ3) is 6.77. The molecule has 1 aliphatic rings. The molecule has 1 fully saturated rings. The minimum Gasteiger partial charge on any atom is -0.460 e. The fourth-order valence-electron chi connectivity index (χ4n) is 2.71. The Hall–Kier alpha value is -1.92. The quantitative estimate of drug-likeness (QED) is 0.309.